The first kappa shape index (κ1) is 21.7. The molecular weight excluding hydrogens is 378 g/mol. The second-order valence-electron chi connectivity index (χ2n) is 7.51. The monoisotopic (exact) mass is 409 g/mol. The highest BCUT2D eigenvalue weighted by Gasteiger charge is 2.24. The molecule has 6 heteroatoms. The Morgan fingerprint density at radius 3 is 2.63 bits per heavy atom. The molecule has 1 aliphatic rings. The number of carbonyl (C=O) groups is 2. The maximum atomic E-state index is 12.7. The van der Waals surface area contributed by atoms with Crippen molar-refractivity contribution in [1.29, 1.82) is 0 Å². The van der Waals surface area contributed by atoms with Gasteiger partial charge in [-0.3, -0.25) is 4.79 Å². The van der Waals surface area contributed by atoms with Crippen molar-refractivity contribution in [2.75, 3.05) is 26.2 Å². The molecule has 160 valence electrons. The van der Waals surface area contributed by atoms with E-state index in [2.05, 4.69) is 16.7 Å². The molecule has 3 amide bonds. The summed E-state index contributed by atoms with van der Waals surface area (Å²) >= 11 is 0. The summed E-state index contributed by atoms with van der Waals surface area (Å²) in [5, 5.41) is 5.86. The van der Waals surface area contributed by atoms with E-state index in [1.54, 1.807) is 0 Å². The summed E-state index contributed by atoms with van der Waals surface area (Å²) in [6, 6.07) is 15.5. The van der Waals surface area contributed by atoms with Crippen LogP contribution in [0, 0.1) is 0 Å². The molecule has 2 aromatic rings. The molecule has 1 saturated heterocycles. The number of urea groups is 1. The number of nitrogens with zero attached hydrogens (tertiary/aromatic N) is 1. The Morgan fingerprint density at radius 1 is 1.10 bits per heavy atom. The van der Waals surface area contributed by atoms with E-state index in [1.807, 2.05) is 61.2 Å². The fraction of sp³-hybridized carbons (Fsp3) is 0.417. The predicted molar refractivity (Wildman–Crippen MR) is 118 cm³/mol. The highest BCUT2D eigenvalue weighted by atomic mass is 16.5. The molecule has 2 aromatic carbocycles. The van der Waals surface area contributed by atoms with Crippen LogP contribution in [0.5, 0.6) is 5.75 Å². The highest BCUT2D eigenvalue weighted by Crippen LogP contribution is 2.27. The Balaban J connectivity index is 1.60. The molecule has 1 atom stereocenters. The van der Waals surface area contributed by atoms with Gasteiger partial charge in [-0.05, 0) is 62.1 Å². The third-order valence-electron chi connectivity index (χ3n) is 5.34. The van der Waals surface area contributed by atoms with Crippen LogP contribution in [0.15, 0.2) is 48.5 Å². The molecule has 1 aliphatic heterocycles. The molecule has 30 heavy (non-hydrogen) atoms. The van der Waals surface area contributed by atoms with Crippen LogP contribution in [0.25, 0.3) is 0 Å². The third kappa shape index (κ3) is 5.75. The lowest BCUT2D eigenvalue weighted by atomic mass is 9.89. The van der Waals surface area contributed by atoms with Gasteiger partial charge in [0.05, 0.1) is 6.61 Å². The Labute approximate surface area is 178 Å². The van der Waals surface area contributed by atoms with Gasteiger partial charge in [0.1, 0.15) is 5.75 Å². The van der Waals surface area contributed by atoms with Crippen LogP contribution >= 0.6 is 0 Å². The Kier molecular flexibility index (Phi) is 7.71. The molecule has 6 nitrogen and oxygen atoms in total. The summed E-state index contributed by atoms with van der Waals surface area (Å²) in [6.07, 6.45) is 1.99. The van der Waals surface area contributed by atoms with Gasteiger partial charge in [0.15, 0.2) is 0 Å². The smallest absolute Gasteiger partial charge is 0.317 e. The lowest BCUT2D eigenvalue weighted by molar-refractivity contribution is 0.0950. The summed E-state index contributed by atoms with van der Waals surface area (Å²) in [7, 11) is 0. The number of rotatable bonds is 7. The number of likely N-dealkylation sites (tertiary alicyclic amines) is 1. The molecule has 2 N–H and O–H groups in total. The van der Waals surface area contributed by atoms with Gasteiger partial charge in [-0.25, -0.2) is 4.79 Å². The van der Waals surface area contributed by atoms with Gasteiger partial charge < -0.3 is 20.3 Å². The van der Waals surface area contributed by atoms with Gasteiger partial charge in [-0.1, -0.05) is 24.3 Å². The lowest BCUT2D eigenvalue weighted by Gasteiger charge is -2.33. The molecule has 0 saturated carbocycles. The zero-order chi connectivity index (χ0) is 21.3. The number of hydrogen-bond donors (Lipinski definition) is 2. The number of ether oxygens (including phenoxy) is 1. The van der Waals surface area contributed by atoms with Crippen molar-refractivity contribution in [3.8, 4) is 5.75 Å². The molecule has 0 aliphatic carbocycles. The van der Waals surface area contributed by atoms with Crippen molar-refractivity contribution >= 4 is 11.9 Å². The minimum atomic E-state index is -0.0953. The maximum Gasteiger partial charge on any atom is 0.317 e. The number of nitrogens with one attached hydrogen (secondary N) is 2. The Morgan fingerprint density at radius 2 is 1.90 bits per heavy atom. The van der Waals surface area contributed by atoms with Crippen LogP contribution in [0.3, 0.4) is 0 Å². The van der Waals surface area contributed by atoms with E-state index >= 15 is 0 Å². The predicted octanol–water partition coefficient (Wildman–Crippen LogP) is 3.92. The molecule has 3 rings (SSSR count). The van der Waals surface area contributed by atoms with Crippen LogP contribution < -0.4 is 15.4 Å². The second kappa shape index (κ2) is 10.7. The Bertz CT molecular complexity index is 851. The molecule has 1 fully saturated rings. The van der Waals surface area contributed by atoms with Crippen molar-refractivity contribution in [2.45, 2.75) is 39.2 Å². The van der Waals surface area contributed by atoms with Crippen molar-refractivity contribution in [3.63, 3.8) is 0 Å². The van der Waals surface area contributed by atoms with Crippen LogP contribution in [0.4, 0.5) is 4.79 Å². The van der Waals surface area contributed by atoms with Crippen LogP contribution in [0.1, 0.15) is 54.1 Å². The molecule has 0 aromatic heterocycles. The van der Waals surface area contributed by atoms with Crippen molar-refractivity contribution < 1.29 is 14.3 Å². The summed E-state index contributed by atoms with van der Waals surface area (Å²) in [6.45, 7) is 7.07. The summed E-state index contributed by atoms with van der Waals surface area (Å²) in [4.78, 5) is 26.7. The normalized spacial score (nSPS) is 16.1. The summed E-state index contributed by atoms with van der Waals surface area (Å²) in [5.74, 6) is 0.983. The van der Waals surface area contributed by atoms with Gasteiger partial charge in [0, 0.05) is 37.7 Å². The average molecular weight is 410 g/mol. The van der Waals surface area contributed by atoms with Crippen molar-refractivity contribution in [2.24, 2.45) is 0 Å². The highest BCUT2D eigenvalue weighted by molar-refractivity contribution is 5.94. The number of hydrogen-bond acceptors (Lipinski definition) is 3. The number of carbonyl (C=O) groups excluding carboxylic acids is 2. The molecule has 0 spiro atoms. The molecular formula is C24H31N3O3. The topological polar surface area (TPSA) is 70.7 Å². The van der Waals surface area contributed by atoms with Gasteiger partial charge in [-0.15, -0.1) is 0 Å². The summed E-state index contributed by atoms with van der Waals surface area (Å²) in [5.41, 5.74) is 2.78. The van der Waals surface area contributed by atoms with E-state index in [0.717, 1.165) is 36.3 Å². The van der Waals surface area contributed by atoms with Crippen LogP contribution in [-0.2, 0) is 6.54 Å². The maximum absolute atomic E-state index is 12.7. The largest absolute Gasteiger partial charge is 0.494 e. The zero-order valence-corrected chi connectivity index (χ0v) is 17.8. The minimum Gasteiger partial charge on any atom is -0.494 e. The molecule has 1 heterocycles. The molecule has 0 radical (unpaired) electrons. The van der Waals surface area contributed by atoms with E-state index in [4.69, 9.17) is 4.74 Å². The minimum absolute atomic E-state index is 0.00791. The van der Waals surface area contributed by atoms with Crippen molar-refractivity contribution in [1.82, 2.24) is 15.5 Å². The second-order valence-corrected chi connectivity index (χ2v) is 7.51. The van der Waals surface area contributed by atoms with Crippen LogP contribution in [0.2, 0.25) is 0 Å². The average Bonchev–Trinajstić information content (AvgIpc) is 2.79. The fourth-order valence-electron chi connectivity index (χ4n) is 3.79. The fourth-order valence-corrected chi connectivity index (χ4v) is 3.79. The van der Waals surface area contributed by atoms with Gasteiger partial charge in [-0.2, -0.15) is 0 Å². The molecule has 0 bridgehead atoms. The first-order valence-corrected chi connectivity index (χ1v) is 10.7. The Hall–Kier alpha value is -3.02. The van der Waals surface area contributed by atoms with Crippen LogP contribution in [-0.4, -0.2) is 43.1 Å². The zero-order valence-electron chi connectivity index (χ0n) is 17.8. The quantitative estimate of drug-likeness (QED) is 0.728. The van der Waals surface area contributed by atoms with E-state index in [1.165, 1.54) is 0 Å². The molecule has 0 unspecified atom stereocenters. The van der Waals surface area contributed by atoms with Gasteiger partial charge in [0.25, 0.3) is 5.91 Å². The van der Waals surface area contributed by atoms with Gasteiger partial charge in [0.2, 0.25) is 0 Å². The van der Waals surface area contributed by atoms with E-state index in [9.17, 15) is 9.59 Å². The SMILES string of the molecule is CCNC(=O)N1CCC[C@@H](c2cccc(C(=O)NCc3ccc(OCC)cc3)c2)C1. The van der Waals surface area contributed by atoms with E-state index in [0.29, 0.717) is 31.8 Å². The van der Waals surface area contributed by atoms with E-state index < -0.39 is 0 Å². The summed E-state index contributed by atoms with van der Waals surface area (Å²) < 4.78 is 5.45. The number of benzene rings is 2. The van der Waals surface area contributed by atoms with Gasteiger partial charge >= 0.3 is 6.03 Å². The lowest BCUT2D eigenvalue weighted by Crippen LogP contribution is -2.44. The first-order valence-electron chi connectivity index (χ1n) is 10.7. The van der Waals surface area contributed by atoms with Crippen molar-refractivity contribution in [3.05, 3.63) is 65.2 Å². The number of amides is 3. The number of piperidine rings is 1. The van der Waals surface area contributed by atoms with E-state index in [-0.39, 0.29) is 17.9 Å². The third-order valence-corrected chi connectivity index (χ3v) is 5.34. The standard InChI is InChI=1S/C24H31N3O3/c1-3-25-24(29)27-14-6-9-21(17-27)19-7-5-8-20(15-19)23(28)26-16-18-10-12-22(13-11-18)30-4-2/h5,7-8,10-13,15,21H,3-4,6,9,14,16-17H2,1-2H3,(H,25,29)(H,26,28)/t21-/m1/s1. The first-order chi connectivity index (χ1) is 14.6.